The number of rotatable bonds is 8. The van der Waals surface area contributed by atoms with Crippen molar-refractivity contribution in [2.45, 2.75) is 46.1 Å². The van der Waals surface area contributed by atoms with Crippen molar-refractivity contribution in [1.29, 1.82) is 0 Å². The Bertz CT molecular complexity index is 371. The van der Waals surface area contributed by atoms with E-state index in [4.69, 9.17) is 0 Å². The molecule has 0 aliphatic carbocycles. The van der Waals surface area contributed by atoms with Gasteiger partial charge in [-0.3, -0.25) is 4.79 Å². The maximum absolute atomic E-state index is 11.5. The Kier molecular flexibility index (Phi) is 7.19. The van der Waals surface area contributed by atoms with Crippen molar-refractivity contribution in [2.24, 2.45) is 0 Å². The smallest absolute Gasteiger partial charge is 0.233 e. The number of hydrogen-bond donors (Lipinski definition) is 2. The summed E-state index contributed by atoms with van der Waals surface area (Å²) in [5, 5.41) is 6.06. The quantitative estimate of drug-likeness (QED) is 0.707. The molecule has 0 saturated heterocycles. The fourth-order valence-electron chi connectivity index (χ4n) is 1.81. The molecule has 0 heterocycles. The van der Waals surface area contributed by atoms with Crippen LogP contribution in [0.3, 0.4) is 0 Å². The van der Waals surface area contributed by atoms with Gasteiger partial charge in [-0.05, 0) is 23.5 Å². The molecule has 0 bridgehead atoms. The minimum Gasteiger partial charge on any atom is -0.355 e. The van der Waals surface area contributed by atoms with Crippen molar-refractivity contribution < 1.29 is 4.79 Å². The average molecular weight is 262 g/mol. The van der Waals surface area contributed by atoms with Crippen LogP contribution in [-0.2, 0) is 11.3 Å². The highest BCUT2D eigenvalue weighted by Crippen LogP contribution is 2.14. The minimum absolute atomic E-state index is 0.0762. The van der Waals surface area contributed by atoms with Crippen LogP contribution in [0.25, 0.3) is 0 Å². The summed E-state index contributed by atoms with van der Waals surface area (Å²) in [6.07, 6.45) is 2.15. The first kappa shape index (κ1) is 15.7. The van der Waals surface area contributed by atoms with Crippen LogP contribution in [0.15, 0.2) is 24.3 Å². The van der Waals surface area contributed by atoms with E-state index in [9.17, 15) is 4.79 Å². The molecule has 3 nitrogen and oxygen atoms in total. The van der Waals surface area contributed by atoms with Gasteiger partial charge in [-0.25, -0.2) is 0 Å². The summed E-state index contributed by atoms with van der Waals surface area (Å²) >= 11 is 0. The Morgan fingerprint density at radius 2 is 1.89 bits per heavy atom. The summed E-state index contributed by atoms with van der Waals surface area (Å²) in [5.74, 6) is 0.638. The van der Waals surface area contributed by atoms with E-state index in [0.29, 0.717) is 12.5 Å². The van der Waals surface area contributed by atoms with Crippen LogP contribution in [0.4, 0.5) is 0 Å². The first-order chi connectivity index (χ1) is 9.13. The van der Waals surface area contributed by atoms with Gasteiger partial charge in [-0.15, -0.1) is 0 Å². The fourth-order valence-corrected chi connectivity index (χ4v) is 1.81. The van der Waals surface area contributed by atoms with Crippen molar-refractivity contribution in [3.63, 3.8) is 0 Å². The lowest BCUT2D eigenvalue weighted by molar-refractivity contribution is -0.120. The second kappa shape index (κ2) is 8.70. The maximum atomic E-state index is 11.5. The van der Waals surface area contributed by atoms with Crippen molar-refractivity contribution in [1.82, 2.24) is 10.6 Å². The summed E-state index contributed by atoms with van der Waals surface area (Å²) in [6.45, 7) is 8.39. The van der Waals surface area contributed by atoms with Crippen LogP contribution in [-0.4, -0.2) is 19.0 Å². The van der Waals surface area contributed by atoms with Gasteiger partial charge in [0.25, 0.3) is 0 Å². The number of amides is 1. The zero-order valence-corrected chi connectivity index (χ0v) is 12.3. The summed E-state index contributed by atoms with van der Waals surface area (Å²) in [5.41, 5.74) is 2.56. The van der Waals surface area contributed by atoms with E-state index in [1.807, 2.05) is 0 Å². The lowest BCUT2D eigenvalue weighted by atomic mass is 10.0. The maximum Gasteiger partial charge on any atom is 0.233 e. The fraction of sp³-hybridized carbons (Fsp3) is 0.562. The molecular weight excluding hydrogens is 236 g/mol. The number of carbonyl (C=O) groups excluding carboxylic acids is 1. The second-order valence-corrected chi connectivity index (χ2v) is 5.20. The molecule has 0 saturated carbocycles. The molecule has 0 aliphatic rings. The topological polar surface area (TPSA) is 41.1 Å². The third kappa shape index (κ3) is 6.39. The Morgan fingerprint density at radius 3 is 2.47 bits per heavy atom. The van der Waals surface area contributed by atoms with E-state index < -0.39 is 0 Å². The molecular formula is C16H26N2O. The van der Waals surface area contributed by atoms with Gasteiger partial charge in [0, 0.05) is 13.1 Å². The predicted octanol–water partition coefficient (Wildman–Crippen LogP) is 2.82. The van der Waals surface area contributed by atoms with Crippen LogP contribution >= 0.6 is 0 Å². The Morgan fingerprint density at radius 1 is 1.21 bits per heavy atom. The van der Waals surface area contributed by atoms with Crippen molar-refractivity contribution in [3.8, 4) is 0 Å². The van der Waals surface area contributed by atoms with Gasteiger partial charge in [-0.2, -0.15) is 0 Å². The largest absolute Gasteiger partial charge is 0.355 e. The lowest BCUT2D eigenvalue weighted by Crippen LogP contribution is -2.34. The molecule has 1 aromatic carbocycles. The second-order valence-electron chi connectivity index (χ2n) is 5.20. The van der Waals surface area contributed by atoms with Crippen molar-refractivity contribution >= 4 is 5.91 Å². The normalized spacial score (nSPS) is 10.7. The van der Waals surface area contributed by atoms with E-state index >= 15 is 0 Å². The van der Waals surface area contributed by atoms with Crippen LogP contribution in [0, 0.1) is 0 Å². The Hall–Kier alpha value is -1.35. The summed E-state index contributed by atoms with van der Waals surface area (Å²) in [4.78, 5) is 11.5. The number of benzene rings is 1. The van der Waals surface area contributed by atoms with Crippen molar-refractivity contribution in [3.05, 3.63) is 35.4 Å². The zero-order chi connectivity index (χ0) is 14.1. The first-order valence-corrected chi connectivity index (χ1v) is 7.19. The van der Waals surface area contributed by atoms with Gasteiger partial charge in [0.05, 0.1) is 6.54 Å². The van der Waals surface area contributed by atoms with Gasteiger partial charge < -0.3 is 10.6 Å². The summed E-state index contributed by atoms with van der Waals surface area (Å²) < 4.78 is 0. The Balaban J connectivity index is 2.23. The van der Waals surface area contributed by atoms with Crippen LogP contribution < -0.4 is 10.6 Å². The number of carbonyl (C=O) groups is 1. The third-order valence-electron chi connectivity index (χ3n) is 3.11. The molecule has 0 aliphatic heterocycles. The van der Waals surface area contributed by atoms with Crippen LogP contribution in [0.5, 0.6) is 0 Å². The highest BCUT2D eigenvalue weighted by Gasteiger charge is 2.01. The number of hydrogen-bond acceptors (Lipinski definition) is 2. The number of nitrogens with one attached hydrogen (secondary N) is 2. The van der Waals surface area contributed by atoms with Gasteiger partial charge >= 0.3 is 0 Å². The third-order valence-corrected chi connectivity index (χ3v) is 3.11. The molecule has 0 fully saturated rings. The molecule has 1 rings (SSSR count). The standard InChI is InChI=1S/C16H26N2O/c1-4-5-10-18-16(19)12-17-11-14-6-8-15(9-7-14)13(2)3/h6-9,13,17H,4-5,10-12H2,1-3H3,(H,18,19). The van der Waals surface area contributed by atoms with Crippen LogP contribution in [0.2, 0.25) is 0 Å². The molecule has 3 heteroatoms. The SMILES string of the molecule is CCCCNC(=O)CNCc1ccc(C(C)C)cc1. The van der Waals surface area contributed by atoms with Gasteiger partial charge in [0.1, 0.15) is 0 Å². The van der Waals surface area contributed by atoms with E-state index in [-0.39, 0.29) is 5.91 Å². The average Bonchev–Trinajstić information content (AvgIpc) is 2.39. The van der Waals surface area contributed by atoms with Gasteiger partial charge in [0.15, 0.2) is 0 Å². The minimum atomic E-state index is 0.0762. The van der Waals surface area contributed by atoms with E-state index in [1.165, 1.54) is 11.1 Å². The van der Waals surface area contributed by atoms with E-state index in [1.54, 1.807) is 0 Å². The summed E-state index contributed by atoms with van der Waals surface area (Å²) in [7, 11) is 0. The van der Waals surface area contributed by atoms with E-state index in [0.717, 1.165) is 25.9 Å². The van der Waals surface area contributed by atoms with Gasteiger partial charge in [-0.1, -0.05) is 51.5 Å². The molecule has 0 unspecified atom stereocenters. The zero-order valence-electron chi connectivity index (χ0n) is 12.3. The van der Waals surface area contributed by atoms with Crippen LogP contribution in [0.1, 0.15) is 50.7 Å². The molecule has 19 heavy (non-hydrogen) atoms. The molecule has 0 radical (unpaired) electrons. The molecule has 106 valence electrons. The molecule has 1 amide bonds. The van der Waals surface area contributed by atoms with Crippen molar-refractivity contribution in [2.75, 3.05) is 13.1 Å². The molecule has 0 atom stereocenters. The van der Waals surface area contributed by atoms with Gasteiger partial charge in [0.2, 0.25) is 5.91 Å². The monoisotopic (exact) mass is 262 g/mol. The summed E-state index contributed by atoms with van der Waals surface area (Å²) in [6, 6.07) is 8.56. The Labute approximate surface area is 116 Å². The lowest BCUT2D eigenvalue weighted by Gasteiger charge is -2.08. The number of unbranched alkanes of at least 4 members (excludes halogenated alkanes) is 1. The predicted molar refractivity (Wildman–Crippen MR) is 80.2 cm³/mol. The molecule has 0 aromatic heterocycles. The molecule has 2 N–H and O–H groups in total. The highest BCUT2D eigenvalue weighted by atomic mass is 16.1. The highest BCUT2D eigenvalue weighted by molar-refractivity contribution is 5.77. The molecule has 1 aromatic rings. The first-order valence-electron chi connectivity index (χ1n) is 7.19. The molecule has 0 spiro atoms. The van der Waals surface area contributed by atoms with E-state index in [2.05, 4.69) is 55.7 Å².